The summed E-state index contributed by atoms with van der Waals surface area (Å²) in [5.74, 6) is 3.67. The van der Waals surface area contributed by atoms with Crippen molar-refractivity contribution < 1.29 is 0 Å². The fraction of sp³-hybridized carbons (Fsp3) is 1.00. The molecule has 4 atom stereocenters. The second-order valence-corrected chi connectivity index (χ2v) is 5.10. The van der Waals surface area contributed by atoms with Crippen molar-refractivity contribution in [2.45, 2.75) is 52.9 Å². The van der Waals surface area contributed by atoms with Crippen LogP contribution in [0.1, 0.15) is 52.9 Å². The molecule has 0 heterocycles. The fourth-order valence-corrected chi connectivity index (χ4v) is 3.28. The van der Waals surface area contributed by atoms with E-state index in [9.17, 15) is 0 Å². The smallest absolute Gasteiger partial charge is 0.00460 e. The SMILES string of the molecule is CCCC[C@@H](CN)C1C(C)CC1CC. The number of rotatable bonds is 6. The maximum absolute atomic E-state index is 5.90. The van der Waals surface area contributed by atoms with E-state index in [1.54, 1.807) is 0 Å². The van der Waals surface area contributed by atoms with Gasteiger partial charge in [-0.15, -0.1) is 0 Å². The Balaban J connectivity index is 2.41. The molecule has 1 rings (SSSR count). The van der Waals surface area contributed by atoms with Crippen LogP contribution in [0.2, 0.25) is 0 Å². The summed E-state index contributed by atoms with van der Waals surface area (Å²) < 4.78 is 0. The fourth-order valence-electron chi connectivity index (χ4n) is 3.28. The van der Waals surface area contributed by atoms with E-state index in [-0.39, 0.29) is 0 Å². The van der Waals surface area contributed by atoms with Gasteiger partial charge in [0.15, 0.2) is 0 Å². The first-order valence-electron chi connectivity index (χ1n) is 6.44. The standard InChI is InChI=1S/C13H27N/c1-4-6-7-12(9-14)13-10(3)8-11(13)5-2/h10-13H,4-9,14H2,1-3H3/t10?,11?,12-,13?/m0/s1. The average molecular weight is 197 g/mol. The van der Waals surface area contributed by atoms with Crippen LogP contribution < -0.4 is 5.73 Å². The van der Waals surface area contributed by atoms with Gasteiger partial charge in [0.1, 0.15) is 0 Å². The van der Waals surface area contributed by atoms with Gasteiger partial charge in [-0.3, -0.25) is 0 Å². The molecule has 1 fully saturated rings. The topological polar surface area (TPSA) is 26.0 Å². The minimum atomic E-state index is 0.809. The van der Waals surface area contributed by atoms with Gasteiger partial charge in [-0.2, -0.15) is 0 Å². The van der Waals surface area contributed by atoms with Gasteiger partial charge in [-0.05, 0) is 43.1 Å². The van der Waals surface area contributed by atoms with Crippen molar-refractivity contribution in [1.82, 2.24) is 0 Å². The third-order valence-corrected chi connectivity index (χ3v) is 4.18. The van der Waals surface area contributed by atoms with Gasteiger partial charge in [0.2, 0.25) is 0 Å². The first-order valence-corrected chi connectivity index (χ1v) is 6.44. The quantitative estimate of drug-likeness (QED) is 0.693. The highest BCUT2D eigenvalue weighted by atomic mass is 14.6. The Bertz CT molecular complexity index is 155. The lowest BCUT2D eigenvalue weighted by atomic mass is 9.58. The highest BCUT2D eigenvalue weighted by Crippen LogP contribution is 2.47. The van der Waals surface area contributed by atoms with Gasteiger partial charge >= 0.3 is 0 Å². The molecule has 3 unspecified atom stereocenters. The van der Waals surface area contributed by atoms with Gasteiger partial charge in [0.25, 0.3) is 0 Å². The molecule has 0 aromatic carbocycles. The third kappa shape index (κ3) is 2.50. The lowest BCUT2D eigenvalue weighted by molar-refractivity contribution is 0.0256. The zero-order valence-electron chi connectivity index (χ0n) is 10.1. The summed E-state index contributed by atoms with van der Waals surface area (Å²) in [4.78, 5) is 0. The van der Waals surface area contributed by atoms with Crippen LogP contribution in [0.5, 0.6) is 0 Å². The Morgan fingerprint density at radius 2 is 2.07 bits per heavy atom. The Hall–Kier alpha value is -0.0400. The lowest BCUT2D eigenvalue weighted by Gasteiger charge is -2.47. The molecule has 0 aromatic rings. The van der Waals surface area contributed by atoms with Crippen LogP contribution in [0.25, 0.3) is 0 Å². The first-order chi connectivity index (χ1) is 6.74. The maximum Gasteiger partial charge on any atom is -0.00460 e. The molecule has 84 valence electrons. The minimum absolute atomic E-state index is 0.809. The van der Waals surface area contributed by atoms with Crippen LogP contribution in [0.4, 0.5) is 0 Å². The van der Waals surface area contributed by atoms with Crippen molar-refractivity contribution in [2.24, 2.45) is 29.4 Å². The average Bonchev–Trinajstić information content (AvgIpc) is 2.19. The van der Waals surface area contributed by atoms with Gasteiger partial charge < -0.3 is 5.73 Å². The largest absolute Gasteiger partial charge is 0.330 e. The van der Waals surface area contributed by atoms with Gasteiger partial charge in [-0.25, -0.2) is 0 Å². The van der Waals surface area contributed by atoms with Gasteiger partial charge in [0.05, 0.1) is 0 Å². The van der Waals surface area contributed by atoms with E-state index >= 15 is 0 Å². The predicted octanol–water partition coefficient (Wildman–Crippen LogP) is 3.43. The Labute approximate surface area is 89.5 Å². The highest BCUT2D eigenvalue weighted by molar-refractivity contribution is 4.90. The van der Waals surface area contributed by atoms with Gasteiger partial charge in [0, 0.05) is 0 Å². The Kier molecular flexibility index (Phi) is 4.94. The Morgan fingerprint density at radius 1 is 1.36 bits per heavy atom. The highest BCUT2D eigenvalue weighted by Gasteiger charge is 2.40. The number of nitrogens with two attached hydrogens (primary N) is 1. The monoisotopic (exact) mass is 197 g/mol. The lowest BCUT2D eigenvalue weighted by Crippen LogP contribution is -2.42. The molecule has 0 saturated heterocycles. The van der Waals surface area contributed by atoms with Crippen molar-refractivity contribution in [3.63, 3.8) is 0 Å². The molecular formula is C13H27N. The molecule has 1 aliphatic carbocycles. The molecule has 0 radical (unpaired) electrons. The minimum Gasteiger partial charge on any atom is -0.330 e. The molecule has 1 saturated carbocycles. The van der Waals surface area contributed by atoms with Crippen LogP contribution in [0, 0.1) is 23.7 Å². The third-order valence-electron chi connectivity index (χ3n) is 4.18. The molecule has 0 spiro atoms. The molecule has 0 amide bonds. The summed E-state index contributed by atoms with van der Waals surface area (Å²) in [7, 11) is 0. The van der Waals surface area contributed by atoms with E-state index in [0.717, 1.165) is 30.2 Å². The maximum atomic E-state index is 5.90. The van der Waals surface area contributed by atoms with Crippen LogP contribution in [0.15, 0.2) is 0 Å². The molecule has 2 N–H and O–H groups in total. The van der Waals surface area contributed by atoms with Crippen LogP contribution in [0.3, 0.4) is 0 Å². The Morgan fingerprint density at radius 3 is 2.50 bits per heavy atom. The molecule has 1 nitrogen and oxygen atoms in total. The second kappa shape index (κ2) is 5.75. The zero-order valence-corrected chi connectivity index (χ0v) is 10.1. The number of unbranched alkanes of at least 4 members (excludes halogenated alkanes) is 1. The number of hydrogen-bond acceptors (Lipinski definition) is 1. The molecular weight excluding hydrogens is 170 g/mol. The van der Waals surface area contributed by atoms with Crippen molar-refractivity contribution in [1.29, 1.82) is 0 Å². The van der Waals surface area contributed by atoms with Crippen molar-refractivity contribution in [3.8, 4) is 0 Å². The van der Waals surface area contributed by atoms with Crippen LogP contribution >= 0.6 is 0 Å². The summed E-state index contributed by atoms with van der Waals surface area (Å²) in [6, 6.07) is 0. The molecule has 1 heteroatoms. The number of hydrogen-bond donors (Lipinski definition) is 1. The molecule has 0 bridgehead atoms. The van der Waals surface area contributed by atoms with Crippen molar-refractivity contribution in [3.05, 3.63) is 0 Å². The van der Waals surface area contributed by atoms with E-state index in [1.165, 1.54) is 32.1 Å². The summed E-state index contributed by atoms with van der Waals surface area (Å²) in [5.41, 5.74) is 5.90. The van der Waals surface area contributed by atoms with E-state index in [0.29, 0.717) is 0 Å². The second-order valence-electron chi connectivity index (χ2n) is 5.10. The molecule has 1 aliphatic rings. The van der Waals surface area contributed by atoms with E-state index in [2.05, 4.69) is 20.8 Å². The molecule has 0 aliphatic heterocycles. The van der Waals surface area contributed by atoms with Gasteiger partial charge in [-0.1, -0.05) is 40.0 Å². The zero-order chi connectivity index (χ0) is 10.6. The normalized spacial score (nSPS) is 33.9. The van der Waals surface area contributed by atoms with E-state index in [4.69, 9.17) is 5.73 Å². The summed E-state index contributed by atoms with van der Waals surface area (Å²) in [6.45, 7) is 7.92. The first kappa shape index (κ1) is 12.0. The van der Waals surface area contributed by atoms with E-state index < -0.39 is 0 Å². The van der Waals surface area contributed by atoms with Crippen molar-refractivity contribution in [2.75, 3.05) is 6.54 Å². The van der Waals surface area contributed by atoms with Crippen molar-refractivity contribution >= 4 is 0 Å². The molecule has 0 aromatic heterocycles. The molecule has 14 heavy (non-hydrogen) atoms. The van der Waals surface area contributed by atoms with E-state index in [1.807, 2.05) is 0 Å². The summed E-state index contributed by atoms with van der Waals surface area (Å²) >= 11 is 0. The predicted molar refractivity (Wildman–Crippen MR) is 63.1 cm³/mol. The van der Waals surface area contributed by atoms with Crippen LogP contribution in [-0.4, -0.2) is 6.54 Å². The summed E-state index contributed by atoms with van der Waals surface area (Å²) in [5, 5.41) is 0. The summed E-state index contributed by atoms with van der Waals surface area (Å²) in [6.07, 6.45) is 6.84. The van der Waals surface area contributed by atoms with Crippen LogP contribution in [-0.2, 0) is 0 Å².